The van der Waals surface area contributed by atoms with Crippen LogP contribution in [0.3, 0.4) is 0 Å². The second kappa shape index (κ2) is 5.06. The van der Waals surface area contributed by atoms with Crippen molar-refractivity contribution >= 4 is 6.09 Å². The molecule has 0 aromatic carbocycles. The first-order chi connectivity index (χ1) is 9.08. The van der Waals surface area contributed by atoms with Gasteiger partial charge in [-0.25, -0.2) is 4.79 Å². The van der Waals surface area contributed by atoms with E-state index in [1.807, 2.05) is 25.7 Å². The highest BCUT2D eigenvalue weighted by molar-refractivity contribution is 5.70. The number of ether oxygens (including phenoxy) is 2. The van der Waals surface area contributed by atoms with Gasteiger partial charge in [-0.05, 0) is 32.6 Å². The maximum Gasteiger partial charge on any atom is 0.411 e. The molecule has 2 unspecified atom stereocenters. The van der Waals surface area contributed by atoms with Gasteiger partial charge in [0.1, 0.15) is 5.60 Å². The predicted octanol–water partition coefficient (Wildman–Crippen LogP) is 3.37. The number of hydrogen-bond donors (Lipinski definition) is 0. The molecule has 2 aliphatic rings. The van der Waals surface area contributed by atoms with Gasteiger partial charge in [-0.15, -0.1) is 0 Å². The third kappa shape index (κ3) is 3.35. The molecule has 114 valence electrons. The summed E-state index contributed by atoms with van der Waals surface area (Å²) >= 11 is 0. The molecule has 2 bridgehead atoms. The molecule has 1 saturated heterocycles. The number of carbonyl (C=O) groups excluding carboxylic acids is 1. The number of nitrogens with zero attached hydrogens (tertiary/aromatic N) is 1. The molecule has 1 amide bonds. The fourth-order valence-corrected chi connectivity index (χ4v) is 2.75. The van der Waals surface area contributed by atoms with Crippen molar-refractivity contribution in [3.63, 3.8) is 0 Å². The minimum Gasteiger partial charge on any atom is -0.444 e. The van der Waals surface area contributed by atoms with E-state index >= 15 is 0 Å². The van der Waals surface area contributed by atoms with Crippen LogP contribution in [0.5, 0.6) is 0 Å². The number of rotatable bonds is 0. The third-order valence-electron chi connectivity index (χ3n) is 3.77. The lowest BCUT2D eigenvalue weighted by Crippen LogP contribution is -2.58. The predicted molar refractivity (Wildman–Crippen MR) is 78.6 cm³/mol. The molecular weight excluding hydrogens is 254 g/mol. The molecule has 0 saturated carbocycles. The fourth-order valence-electron chi connectivity index (χ4n) is 2.75. The van der Waals surface area contributed by atoms with Gasteiger partial charge in [0.15, 0.2) is 0 Å². The van der Waals surface area contributed by atoms with E-state index in [2.05, 4.69) is 26.8 Å². The van der Waals surface area contributed by atoms with Crippen molar-refractivity contribution < 1.29 is 14.3 Å². The zero-order valence-electron chi connectivity index (χ0n) is 13.5. The Morgan fingerprint density at radius 3 is 2.40 bits per heavy atom. The summed E-state index contributed by atoms with van der Waals surface area (Å²) in [6, 6.07) is 0.106. The second-order valence-electron chi connectivity index (χ2n) is 7.79. The van der Waals surface area contributed by atoms with E-state index in [9.17, 15) is 4.79 Å². The molecule has 1 fully saturated rings. The first kappa shape index (κ1) is 15.4. The van der Waals surface area contributed by atoms with Crippen LogP contribution in [0.2, 0.25) is 0 Å². The molecule has 0 aliphatic carbocycles. The highest BCUT2D eigenvalue weighted by Crippen LogP contribution is 2.37. The number of amides is 1. The lowest BCUT2D eigenvalue weighted by atomic mass is 9.79. The average molecular weight is 281 g/mol. The molecule has 2 atom stereocenters. The molecule has 0 spiro atoms. The Balaban J connectivity index is 2.21. The van der Waals surface area contributed by atoms with Crippen LogP contribution in [0.15, 0.2) is 11.6 Å². The van der Waals surface area contributed by atoms with Crippen molar-refractivity contribution in [3.8, 4) is 0 Å². The highest BCUT2D eigenvalue weighted by Gasteiger charge is 2.41. The molecule has 20 heavy (non-hydrogen) atoms. The first-order valence-corrected chi connectivity index (χ1v) is 7.38. The van der Waals surface area contributed by atoms with Crippen molar-refractivity contribution in [2.75, 3.05) is 13.2 Å². The van der Waals surface area contributed by atoms with Gasteiger partial charge in [0.25, 0.3) is 0 Å². The normalized spacial score (nSPS) is 27.1. The van der Waals surface area contributed by atoms with Gasteiger partial charge in [-0.2, -0.15) is 0 Å². The summed E-state index contributed by atoms with van der Waals surface area (Å²) in [6.45, 7) is 13.5. The summed E-state index contributed by atoms with van der Waals surface area (Å²) in [7, 11) is 0. The van der Waals surface area contributed by atoms with Gasteiger partial charge in [0.05, 0.1) is 25.3 Å². The Labute approximate surface area is 122 Å². The summed E-state index contributed by atoms with van der Waals surface area (Å²) in [5.41, 5.74) is 1.10. The van der Waals surface area contributed by atoms with Crippen LogP contribution >= 0.6 is 0 Å². The molecule has 0 radical (unpaired) electrons. The Bertz CT molecular complexity index is 414. The van der Waals surface area contributed by atoms with Crippen LogP contribution in [0, 0.1) is 5.41 Å². The Morgan fingerprint density at radius 1 is 1.25 bits per heavy atom. The molecule has 2 rings (SSSR count). The van der Waals surface area contributed by atoms with Gasteiger partial charge >= 0.3 is 6.09 Å². The van der Waals surface area contributed by atoms with E-state index in [0.717, 1.165) is 6.42 Å². The van der Waals surface area contributed by atoms with Crippen LogP contribution in [-0.4, -0.2) is 41.9 Å². The molecule has 0 aromatic heterocycles. The number of morpholine rings is 1. The fraction of sp³-hybridized carbons (Fsp3) is 0.812. The molecule has 2 heterocycles. The largest absolute Gasteiger partial charge is 0.444 e. The van der Waals surface area contributed by atoms with Gasteiger partial charge in [0, 0.05) is 0 Å². The minimum atomic E-state index is -0.458. The van der Waals surface area contributed by atoms with Crippen molar-refractivity contribution in [2.24, 2.45) is 5.41 Å². The quantitative estimate of drug-likeness (QED) is 0.639. The summed E-state index contributed by atoms with van der Waals surface area (Å²) < 4.78 is 11.2. The van der Waals surface area contributed by atoms with E-state index in [0.29, 0.717) is 13.2 Å². The summed E-state index contributed by atoms with van der Waals surface area (Å²) in [5, 5.41) is 0. The maximum absolute atomic E-state index is 12.4. The van der Waals surface area contributed by atoms with Crippen LogP contribution in [0.25, 0.3) is 0 Å². The summed E-state index contributed by atoms with van der Waals surface area (Å²) in [5.74, 6) is 0. The molecular formula is C16H27NO3. The molecule has 4 heteroatoms. The monoisotopic (exact) mass is 281 g/mol. The van der Waals surface area contributed by atoms with Crippen LogP contribution in [0.1, 0.15) is 48.0 Å². The zero-order valence-corrected chi connectivity index (χ0v) is 13.5. The average Bonchev–Trinajstić information content (AvgIpc) is 2.23. The number of carbonyl (C=O) groups is 1. The van der Waals surface area contributed by atoms with Crippen molar-refractivity contribution in [1.82, 2.24) is 4.90 Å². The number of hydrogen-bond acceptors (Lipinski definition) is 3. The van der Waals surface area contributed by atoms with Crippen molar-refractivity contribution in [3.05, 3.63) is 11.6 Å². The highest BCUT2D eigenvalue weighted by atomic mass is 16.6. The molecule has 2 aliphatic heterocycles. The maximum atomic E-state index is 12.4. The summed E-state index contributed by atoms with van der Waals surface area (Å²) in [4.78, 5) is 14.3. The van der Waals surface area contributed by atoms with Crippen LogP contribution in [0.4, 0.5) is 4.79 Å². The van der Waals surface area contributed by atoms with E-state index in [4.69, 9.17) is 9.47 Å². The van der Waals surface area contributed by atoms with Crippen molar-refractivity contribution in [2.45, 2.75) is 65.6 Å². The Kier molecular flexibility index (Phi) is 3.89. The van der Waals surface area contributed by atoms with E-state index < -0.39 is 5.60 Å². The van der Waals surface area contributed by atoms with E-state index in [1.54, 1.807) is 0 Å². The zero-order chi connectivity index (χ0) is 15.1. The van der Waals surface area contributed by atoms with Gasteiger partial charge in [0.2, 0.25) is 0 Å². The van der Waals surface area contributed by atoms with Gasteiger partial charge in [-0.3, -0.25) is 4.90 Å². The Morgan fingerprint density at radius 2 is 1.90 bits per heavy atom. The Hall–Kier alpha value is -1.03. The topological polar surface area (TPSA) is 38.8 Å². The lowest BCUT2D eigenvalue weighted by Gasteiger charge is -2.46. The SMILES string of the molecule is CC(C)(C)OC(=O)N1C2C=C(C(C)(C)C)CC1COC2. The van der Waals surface area contributed by atoms with Crippen molar-refractivity contribution in [1.29, 1.82) is 0 Å². The van der Waals surface area contributed by atoms with Gasteiger partial charge < -0.3 is 9.47 Å². The van der Waals surface area contributed by atoms with Crippen LogP contribution in [-0.2, 0) is 9.47 Å². The second-order valence-corrected chi connectivity index (χ2v) is 7.79. The smallest absolute Gasteiger partial charge is 0.411 e. The third-order valence-corrected chi connectivity index (χ3v) is 3.77. The molecule has 0 aromatic rings. The summed E-state index contributed by atoms with van der Waals surface area (Å²) in [6.07, 6.45) is 2.85. The standard InChI is InChI=1S/C16H27NO3/c1-15(2,3)11-7-12-9-19-10-13(8-11)17(12)14(18)20-16(4,5)6/h7,12-13H,8-10H2,1-6H3. The van der Waals surface area contributed by atoms with E-state index in [1.165, 1.54) is 5.57 Å². The van der Waals surface area contributed by atoms with Crippen LogP contribution < -0.4 is 0 Å². The van der Waals surface area contributed by atoms with Gasteiger partial charge in [-0.1, -0.05) is 32.4 Å². The van der Waals surface area contributed by atoms with E-state index in [-0.39, 0.29) is 23.6 Å². The minimum absolute atomic E-state index is 0.00609. The number of fused-ring (bicyclic) bond motifs is 2. The molecule has 0 N–H and O–H groups in total. The first-order valence-electron chi connectivity index (χ1n) is 7.38. The molecule has 4 nitrogen and oxygen atoms in total. The lowest BCUT2D eigenvalue weighted by molar-refractivity contribution is -0.0550.